The van der Waals surface area contributed by atoms with E-state index in [2.05, 4.69) is 84.3 Å². The Balaban J connectivity index is 2.02. The predicted octanol–water partition coefficient (Wildman–Crippen LogP) is 4.42. The molecule has 0 fully saturated rings. The molecule has 11 heteroatoms. The van der Waals surface area contributed by atoms with Gasteiger partial charge in [0.2, 0.25) is 0 Å². The fourth-order valence-electron chi connectivity index (χ4n) is 2.83. The van der Waals surface area contributed by atoms with Crippen molar-refractivity contribution >= 4 is 81.3 Å². The van der Waals surface area contributed by atoms with Gasteiger partial charge in [0.1, 0.15) is 5.78 Å². The van der Waals surface area contributed by atoms with Gasteiger partial charge >= 0.3 is 0 Å². The number of nitrogens with one attached hydrogen (secondary N) is 2. The van der Waals surface area contributed by atoms with Crippen molar-refractivity contribution in [2.75, 3.05) is 13.1 Å². The van der Waals surface area contributed by atoms with Crippen LogP contribution in [0.25, 0.3) is 0 Å². The maximum atomic E-state index is 12.6. The summed E-state index contributed by atoms with van der Waals surface area (Å²) in [4.78, 5) is 46.1. The largest absolute Gasteiger partial charge is 0.351 e. The summed E-state index contributed by atoms with van der Waals surface area (Å²) in [5.41, 5.74) is 3.90. The second-order valence-corrected chi connectivity index (χ2v) is 9.18. The number of amides is 2. The van der Waals surface area contributed by atoms with Gasteiger partial charge in [-0.1, -0.05) is 63.7 Å². The number of carbonyl (C=O) groups excluding carboxylic acids is 3. The molecule has 2 amide bonds. The van der Waals surface area contributed by atoms with Gasteiger partial charge < -0.3 is 10.6 Å². The van der Waals surface area contributed by atoms with Gasteiger partial charge in [-0.15, -0.1) is 0 Å². The van der Waals surface area contributed by atoms with E-state index in [9.17, 15) is 14.4 Å². The lowest BCUT2D eigenvalue weighted by molar-refractivity contribution is -0.120. The first kappa shape index (κ1) is 27.1. The quantitative estimate of drug-likeness (QED) is 0.339. The Morgan fingerprint density at radius 3 is 1.28 bits per heavy atom. The average Bonchev–Trinajstić information content (AvgIpc) is 2.82. The number of carbonyl (C=O) groups is 3. The zero-order valence-electron chi connectivity index (χ0n) is 17.3. The first-order valence-electron chi connectivity index (χ1n) is 9.61. The van der Waals surface area contributed by atoms with Gasteiger partial charge in [0.25, 0.3) is 11.8 Å². The van der Waals surface area contributed by atoms with Crippen molar-refractivity contribution in [3.8, 4) is 0 Å². The highest BCUT2D eigenvalue weighted by Crippen LogP contribution is 2.13. The zero-order chi connectivity index (χ0) is 23.7. The third-order valence-corrected chi connectivity index (χ3v) is 6.83. The standard InChI is InChI=1S/C21H22Br4N4O3/c1-12(30)15(10-26-20(31)13-2-16(6-22)28-17(3-13)7-23)11-27-21(32)14-4-18(8-24)29-19(5-14)9-25/h2-5,15H,6-11H2,1H3,(H,26,31)(H,27,32). The van der Waals surface area contributed by atoms with Crippen molar-refractivity contribution in [1.29, 1.82) is 0 Å². The second-order valence-electron chi connectivity index (χ2n) is 6.94. The molecule has 0 aliphatic carbocycles. The third-order valence-electron chi connectivity index (χ3n) is 4.53. The van der Waals surface area contributed by atoms with Crippen LogP contribution in [0.2, 0.25) is 0 Å². The summed E-state index contributed by atoms with van der Waals surface area (Å²) in [6, 6.07) is 6.81. The van der Waals surface area contributed by atoms with Gasteiger partial charge in [0, 0.05) is 45.5 Å². The smallest absolute Gasteiger partial charge is 0.251 e. The maximum Gasteiger partial charge on any atom is 0.251 e. The normalized spacial score (nSPS) is 10.8. The van der Waals surface area contributed by atoms with E-state index in [-0.39, 0.29) is 30.7 Å². The van der Waals surface area contributed by atoms with Gasteiger partial charge in [-0.3, -0.25) is 24.4 Å². The molecule has 0 saturated carbocycles. The molecule has 0 aromatic carbocycles. The molecule has 0 radical (unpaired) electrons. The van der Waals surface area contributed by atoms with E-state index < -0.39 is 5.92 Å². The lowest BCUT2D eigenvalue weighted by atomic mass is 10.0. The minimum absolute atomic E-state index is 0.111. The van der Waals surface area contributed by atoms with Crippen LogP contribution in [0, 0.1) is 5.92 Å². The van der Waals surface area contributed by atoms with Gasteiger partial charge in [-0.05, 0) is 31.2 Å². The van der Waals surface area contributed by atoms with E-state index in [1.807, 2.05) is 0 Å². The molecule has 2 heterocycles. The second kappa shape index (κ2) is 13.5. The van der Waals surface area contributed by atoms with E-state index in [1.165, 1.54) is 6.92 Å². The highest BCUT2D eigenvalue weighted by atomic mass is 79.9. The minimum Gasteiger partial charge on any atom is -0.351 e. The van der Waals surface area contributed by atoms with Gasteiger partial charge in [-0.25, -0.2) is 0 Å². The predicted molar refractivity (Wildman–Crippen MR) is 138 cm³/mol. The summed E-state index contributed by atoms with van der Waals surface area (Å²) >= 11 is 13.4. The monoisotopic (exact) mass is 694 g/mol. The summed E-state index contributed by atoms with van der Waals surface area (Å²) in [7, 11) is 0. The summed E-state index contributed by atoms with van der Waals surface area (Å²) in [6.45, 7) is 1.67. The number of alkyl halides is 4. The van der Waals surface area contributed by atoms with Crippen molar-refractivity contribution in [2.45, 2.75) is 28.2 Å². The molecular weight excluding hydrogens is 676 g/mol. The molecule has 2 rings (SSSR count). The summed E-state index contributed by atoms with van der Waals surface area (Å²) in [5.74, 6) is -1.27. The Morgan fingerprint density at radius 1 is 0.719 bits per heavy atom. The molecule has 7 nitrogen and oxygen atoms in total. The first-order valence-corrected chi connectivity index (χ1v) is 14.1. The number of Topliss-reactive ketones (excluding diaryl/α,β-unsaturated/α-hetero) is 1. The molecule has 0 spiro atoms. The van der Waals surface area contributed by atoms with Crippen molar-refractivity contribution < 1.29 is 14.4 Å². The number of ketones is 1. The van der Waals surface area contributed by atoms with Gasteiger partial charge in [0.05, 0.1) is 28.7 Å². The molecule has 0 aliphatic rings. The molecule has 0 atom stereocenters. The van der Waals surface area contributed by atoms with E-state index in [1.54, 1.807) is 24.3 Å². The molecular formula is C21H22Br4N4O3. The Kier molecular flexibility index (Phi) is 11.4. The molecule has 2 N–H and O–H groups in total. The van der Waals surface area contributed by atoms with E-state index in [4.69, 9.17) is 0 Å². The van der Waals surface area contributed by atoms with Crippen molar-refractivity contribution in [3.05, 3.63) is 58.2 Å². The number of aromatic nitrogens is 2. The first-order chi connectivity index (χ1) is 15.3. The fourth-order valence-corrected chi connectivity index (χ4v) is 3.98. The molecule has 32 heavy (non-hydrogen) atoms. The molecule has 0 unspecified atom stereocenters. The number of rotatable bonds is 11. The van der Waals surface area contributed by atoms with Gasteiger partial charge in [0.15, 0.2) is 0 Å². The van der Waals surface area contributed by atoms with E-state index in [0.717, 1.165) is 22.8 Å². The lowest BCUT2D eigenvalue weighted by Crippen LogP contribution is -2.39. The molecule has 2 aromatic rings. The number of hydrogen-bond donors (Lipinski definition) is 2. The fraction of sp³-hybridized carbons (Fsp3) is 0.381. The van der Waals surface area contributed by atoms with E-state index in [0.29, 0.717) is 32.4 Å². The van der Waals surface area contributed by atoms with Crippen LogP contribution in [-0.2, 0) is 26.1 Å². The average molecular weight is 698 g/mol. The van der Waals surface area contributed by atoms with Crippen LogP contribution in [0.3, 0.4) is 0 Å². The summed E-state index contributed by atoms with van der Waals surface area (Å²) in [6.07, 6.45) is 0. The number of nitrogens with zero attached hydrogens (tertiary/aromatic N) is 2. The van der Waals surface area contributed by atoms with Crippen LogP contribution < -0.4 is 10.6 Å². The minimum atomic E-state index is -0.552. The molecule has 172 valence electrons. The Labute approximate surface area is 220 Å². The highest BCUT2D eigenvalue weighted by molar-refractivity contribution is 9.09. The van der Waals surface area contributed by atoms with Crippen LogP contribution in [0.15, 0.2) is 24.3 Å². The third kappa shape index (κ3) is 8.00. The molecule has 0 bridgehead atoms. The lowest BCUT2D eigenvalue weighted by Gasteiger charge is -2.16. The van der Waals surface area contributed by atoms with Crippen LogP contribution in [0.5, 0.6) is 0 Å². The maximum absolute atomic E-state index is 12.6. The van der Waals surface area contributed by atoms with E-state index >= 15 is 0 Å². The summed E-state index contributed by atoms with van der Waals surface area (Å²) in [5, 5.41) is 7.69. The van der Waals surface area contributed by atoms with Crippen LogP contribution in [0.1, 0.15) is 50.4 Å². The van der Waals surface area contributed by atoms with Crippen molar-refractivity contribution in [1.82, 2.24) is 20.6 Å². The Bertz CT molecular complexity index is 872. The van der Waals surface area contributed by atoms with Crippen molar-refractivity contribution in [2.24, 2.45) is 5.92 Å². The van der Waals surface area contributed by atoms with Gasteiger partial charge in [-0.2, -0.15) is 0 Å². The molecule has 2 aromatic heterocycles. The molecule has 0 aliphatic heterocycles. The van der Waals surface area contributed by atoms with Crippen LogP contribution in [-0.4, -0.2) is 40.7 Å². The zero-order valence-corrected chi connectivity index (χ0v) is 23.6. The molecule has 0 saturated heterocycles. The Morgan fingerprint density at radius 2 is 1.03 bits per heavy atom. The Hall–Kier alpha value is -1.17. The topological polar surface area (TPSA) is 101 Å². The van der Waals surface area contributed by atoms with Crippen molar-refractivity contribution in [3.63, 3.8) is 0 Å². The highest BCUT2D eigenvalue weighted by Gasteiger charge is 2.19. The number of halogens is 4. The SMILES string of the molecule is CC(=O)C(CNC(=O)c1cc(CBr)nc(CBr)c1)CNC(=O)c1cc(CBr)nc(CBr)c1. The number of hydrogen-bond acceptors (Lipinski definition) is 5. The summed E-state index contributed by atoms with van der Waals surface area (Å²) < 4.78 is 0. The van der Waals surface area contributed by atoms with Crippen LogP contribution in [0.4, 0.5) is 0 Å². The van der Waals surface area contributed by atoms with Crippen LogP contribution >= 0.6 is 63.7 Å². The number of pyridine rings is 2.